The molecular formula is C57H79ClN10O11S. The number of aryl methyl sites for hydroxylation is 1. The number of fused-ring (bicyclic) bond motifs is 1. The van der Waals surface area contributed by atoms with Gasteiger partial charge in [0, 0.05) is 88.8 Å². The zero-order valence-electron chi connectivity index (χ0n) is 46.6. The molecule has 2 unspecified atom stereocenters. The minimum atomic E-state index is -0.944. The third-order valence-corrected chi connectivity index (χ3v) is 15.7. The lowest BCUT2D eigenvalue weighted by Crippen LogP contribution is -2.57. The summed E-state index contributed by atoms with van der Waals surface area (Å²) in [4.78, 5) is 86.8. The van der Waals surface area contributed by atoms with E-state index in [9.17, 15) is 34.2 Å². The van der Waals surface area contributed by atoms with Crippen LogP contribution in [0.1, 0.15) is 99.4 Å². The van der Waals surface area contributed by atoms with Crippen molar-refractivity contribution in [1.29, 1.82) is 0 Å². The zero-order valence-corrected chi connectivity index (χ0v) is 48.2. The molecule has 2 aliphatic heterocycles. The minimum Gasteiger partial charge on any atom is -0.391 e. The molecule has 6 atom stereocenters. The third-order valence-electron chi connectivity index (χ3n) is 14.5. The smallest absolute Gasteiger partial charge is 0.246 e. The van der Waals surface area contributed by atoms with Crippen molar-refractivity contribution in [3.63, 3.8) is 0 Å². The Morgan fingerprint density at radius 3 is 2.09 bits per heavy atom. The van der Waals surface area contributed by atoms with E-state index in [4.69, 9.17) is 30.5 Å². The van der Waals surface area contributed by atoms with E-state index < -0.39 is 41.5 Å². The van der Waals surface area contributed by atoms with Crippen molar-refractivity contribution in [1.82, 2.24) is 46.0 Å². The number of nitrogens with zero attached hydrogens (tertiary/aromatic N) is 6. The molecule has 2 aromatic carbocycles. The van der Waals surface area contributed by atoms with Crippen molar-refractivity contribution >= 4 is 58.3 Å². The van der Waals surface area contributed by atoms with E-state index in [1.54, 1.807) is 23.5 Å². The zero-order chi connectivity index (χ0) is 57.2. The van der Waals surface area contributed by atoms with E-state index in [1.165, 1.54) is 11.2 Å². The SMILES string of the molecule is Cc1ncsc1-c1ccc(CNC(=O)[C@@H]2C[C@@H](O)CN2C(=O)C(NC(=O)CCOCCOCCOCCOCCNC(=O)CCNCC(C(=O)N2CCN(c3ncnc4c3[C@H](C)C[C@H]4O)CC2)c2ccc(Cl)cc2)C(C)(C)C)cc1. The van der Waals surface area contributed by atoms with Crippen molar-refractivity contribution in [2.24, 2.45) is 5.41 Å². The highest BCUT2D eigenvalue weighted by Crippen LogP contribution is 2.43. The molecule has 436 valence electrons. The highest BCUT2D eigenvalue weighted by atomic mass is 35.5. The molecule has 0 saturated carbocycles. The third kappa shape index (κ3) is 17.7. The molecule has 6 N–H and O–H groups in total. The molecule has 0 bridgehead atoms. The number of aliphatic hydroxyl groups excluding tert-OH is 2. The van der Waals surface area contributed by atoms with Gasteiger partial charge in [-0.15, -0.1) is 11.3 Å². The lowest BCUT2D eigenvalue weighted by Gasteiger charge is -2.38. The van der Waals surface area contributed by atoms with Gasteiger partial charge in [0.25, 0.3) is 0 Å². The van der Waals surface area contributed by atoms with Gasteiger partial charge in [0.05, 0.1) is 92.8 Å². The highest BCUT2D eigenvalue weighted by Gasteiger charge is 2.44. The van der Waals surface area contributed by atoms with Crippen molar-refractivity contribution in [2.75, 3.05) is 110 Å². The average molecular weight is 1150 g/mol. The Labute approximate surface area is 477 Å². The Kier molecular flexibility index (Phi) is 23.5. The number of piperazine rings is 1. The molecular weight excluding hydrogens is 1070 g/mol. The number of hydrogen-bond donors (Lipinski definition) is 6. The van der Waals surface area contributed by atoms with Gasteiger partial charge in [-0.1, -0.05) is 75.7 Å². The van der Waals surface area contributed by atoms with Gasteiger partial charge >= 0.3 is 0 Å². The normalized spacial score (nSPS) is 18.9. The Hall–Kier alpha value is -5.69. The predicted octanol–water partition coefficient (Wildman–Crippen LogP) is 3.90. The summed E-state index contributed by atoms with van der Waals surface area (Å²) < 4.78 is 22.4. The van der Waals surface area contributed by atoms with Crippen LogP contribution in [0.15, 0.2) is 60.4 Å². The van der Waals surface area contributed by atoms with Gasteiger partial charge in [-0.25, -0.2) is 15.0 Å². The predicted molar refractivity (Wildman–Crippen MR) is 303 cm³/mol. The summed E-state index contributed by atoms with van der Waals surface area (Å²) in [6.07, 6.45) is 1.00. The Morgan fingerprint density at radius 1 is 0.775 bits per heavy atom. The van der Waals surface area contributed by atoms with Crippen molar-refractivity contribution in [2.45, 2.75) is 103 Å². The largest absolute Gasteiger partial charge is 0.391 e. The number of halogens is 1. The summed E-state index contributed by atoms with van der Waals surface area (Å²) >= 11 is 7.76. The maximum Gasteiger partial charge on any atom is 0.246 e. The number of β-amino-alcohol motifs (C(OH)–C–C–N with tert-alkyl or cyclic N) is 1. The molecule has 23 heteroatoms. The summed E-state index contributed by atoms with van der Waals surface area (Å²) in [6.45, 7) is 15.4. The molecule has 0 radical (unpaired) electrons. The van der Waals surface area contributed by atoms with Crippen LogP contribution in [-0.4, -0.2) is 188 Å². The lowest BCUT2D eigenvalue weighted by molar-refractivity contribution is -0.144. The maximum atomic E-state index is 14.0. The quantitative estimate of drug-likeness (QED) is 0.0422. The van der Waals surface area contributed by atoms with Crippen LogP contribution in [0, 0.1) is 12.3 Å². The number of thiazole rings is 1. The van der Waals surface area contributed by atoms with Crippen LogP contribution in [0.25, 0.3) is 10.4 Å². The number of carbonyl (C=O) groups is 5. The molecule has 1 aliphatic carbocycles. The highest BCUT2D eigenvalue weighted by molar-refractivity contribution is 7.13. The Bertz CT molecular complexity index is 2650. The van der Waals surface area contributed by atoms with E-state index in [1.807, 2.05) is 74.5 Å². The van der Waals surface area contributed by atoms with Crippen LogP contribution in [0.5, 0.6) is 0 Å². The number of hydrogen-bond acceptors (Lipinski definition) is 17. The van der Waals surface area contributed by atoms with Crippen LogP contribution < -0.4 is 26.2 Å². The van der Waals surface area contributed by atoms with Gasteiger partial charge in [0.2, 0.25) is 29.5 Å². The van der Waals surface area contributed by atoms with Crippen LogP contribution in [0.4, 0.5) is 5.82 Å². The number of amides is 5. The van der Waals surface area contributed by atoms with Gasteiger partial charge in [-0.3, -0.25) is 24.0 Å². The fraction of sp³-hybridized carbons (Fsp3) is 0.579. The van der Waals surface area contributed by atoms with Crippen molar-refractivity contribution in [3.8, 4) is 10.4 Å². The minimum absolute atomic E-state index is 0.00205. The van der Waals surface area contributed by atoms with Gasteiger partial charge < -0.3 is 65.1 Å². The first-order valence-corrected chi connectivity index (χ1v) is 28.9. The Balaban J connectivity index is 0.692. The van der Waals surface area contributed by atoms with E-state index in [-0.39, 0.29) is 81.7 Å². The molecule has 0 spiro atoms. The van der Waals surface area contributed by atoms with Gasteiger partial charge in [-0.2, -0.15) is 0 Å². The first-order chi connectivity index (χ1) is 38.5. The number of ether oxygens (including phenoxy) is 4. The number of nitrogens with one attached hydrogen (secondary N) is 4. The summed E-state index contributed by atoms with van der Waals surface area (Å²) in [5.74, 6) is -0.805. The second-order valence-electron chi connectivity index (χ2n) is 21.5. The van der Waals surface area contributed by atoms with E-state index in [0.717, 1.165) is 38.6 Å². The second-order valence-corrected chi connectivity index (χ2v) is 22.8. The monoisotopic (exact) mass is 1150 g/mol. The fourth-order valence-corrected chi connectivity index (χ4v) is 11.0. The van der Waals surface area contributed by atoms with E-state index in [2.05, 4.69) is 48.0 Å². The van der Waals surface area contributed by atoms with Crippen LogP contribution in [0.2, 0.25) is 5.02 Å². The van der Waals surface area contributed by atoms with Gasteiger partial charge in [0.15, 0.2) is 0 Å². The molecule has 4 heterocycles. The van der Waals surface area contributed by atoms with Crippen molar-refractivity contribution < 1.29 is 53.1 Å². The average Bonchev–Trinajstić information content (AvgIpc) is 4.18. The first kappa shape index (κ1) is 61.9. The molecule has 2 fully saturated rings. The van der Waals surface area contributed by atoms with Crippen LogP contribution in [0.3, 0.4) is 0 Å². The molecule has 80 heavy (non-hydrogen) atoms. The topological polar surface area (TPSA) is 259 Å². The number of aliphatic hydroxyl groups is 2. The Morgan fingerprint density at radius 2 is 1.44 bits per heavy atom. The number of aromatic nitrogens is 3. The molecule has 5 amide bonds. The van der Waals surface area contributed by atoms with Gasteiger partial charge in [-0.05, 0) is 53.5 Å². The summed E-state index contributed by atoms with van der Waals surface area (Å²) in [6, 6.07) is 13.3. The summed E-state index contributed by atoms with van der Waals surface area (Å²) in [7, 11) is 0. The van der Waals surface area contributed by atoms with E-state index >= 15 is 0 Å². The second kappa shape index (κ2) is 30.4. The molecule has 4 aromatic rings. The number of carbonyl (C=O) groups excluding carboxylic acids is 5. The van der Waals surface area contributed by atoms with Gasteiger partial charge in [0.1, 0.15) is 24.2 Å². The molecule has 2 aromatic heterocycles. The molecule has 21 nitrogen and oxygen atoms in total. The standard InChI is InChI=1S/C57H79ClN10O11S/c1-37-30-46(70)50-49(37)53(63-35-62-50)66-18-20-67(21-19-66)55(74)44(40-10-12-42(58)13-11-40)33-59-16-14-47(71)60-17-23-77-25-27-79-29-28-78-26-24-76-22-15-48(72)65-52(57(3,4)5)56(75)68-34-43(69)31-45(68)54(73)61-32-39-6-8-41(9-7-39)51-38(2)64-36-80-51/h6-13,35-37,43-46,52,59,69-70H,14-34H2,1-5H3,(H,60,71)(H,61,73)(H,65,72)/t37-,43-,44?,45+,46-,52?/m1/s1. The van der Waals surface area contributed by atoms with Crippen molar-refractivity contribution in [3.05, 3.63) is 93.5 Å². The molecule has 3 aliphatic rings. The number of rotatable bonds is 29. The molecule has 7 rings (SSSR count). The maximum absolute atomic E-state index is 14.0. The van der Waals surface area contributed by atoms with Crippen LogP contribution >= 0.6 is 22.9 Å². The van der Waals surface area contributed by atoms with E-state index in [0.29, 0.717) is 96.0 Å². The number of benzene rings is 2. The lowest BCUT2D eigenvalue weighted by atomic mass is 9.85. The summed E-state index contributed by atoms with van der Waals surface area (Å²) in [5.41, 5.74) is 6.54. The molecule has 2 saturated heterocycles. The number of anilines is 1. The summed E-state index contributed by atoms with van der Waals surface area (Å²) in [5, 5.41) is 33.6. The number of likely N-dealkylation sites (tertiary alicyclic amines) is 1. The first-order valence-electron chi connectivity index (χ1n) is 27.6. The fourth-order valence-electron chi connectivity index (χ4n) is 10.1. The van der Waals surface area contributed by atoms with Crippen LogP contribution in [-0.2, 0) is 49.5 Å².